The zero-order chi connectivity index (χ0) is 9.07. The van der Waals surface area contributed by atoms with E-state index in [1.54, 1.807) is 0 Å². The van der Waals surface area contributed by atoms with Gasteiger partial charge in [0.05, 0.1) is 0 Å². The lowest BCUT2D eigenvalue weighted by atomic mass is 9.97. The van der Waals surface area contributed by atoms with Crippen molar-refractivity contribution < 1.29 is 9.18 Å². The van der Waals surface area contributed by atoms with Gasteiger partial charge in [0.2, 0.25) is 0 Å². The van der Waals surface area contributed by atoms with E-state index in [4.69, 9.17) is 0 Å². The Labute approximate surface area is 66.5 Å². The highest BCUT2D eigenvalue weighted by molar-refractivity contribution is 5.90. The zero-order valence-electron chi connectivity index (χ0n) is 7.20. The number of carbonyl (C=O) groups is 1. The lowest BCUT2D eigenvalue weighted by Gasteiger charge is -2.17. The van der Waals surface area contributed by atoms with E-state index in [2.05, 4.69) is 11.9 Å². The van der Waals surface area contributed by atoms with Crippen LogP contribution in [0.25, 0.3) is 0 Å². The van der Waals surface area contributed by atoms with E-state index in [1.807, 2.05) is 20.8 Å². The van der Waals surface area contributed by atoms with Gasteiger partial charge >= 0.3 is 0 Å². The van der Waals surface area contributed by atoms with Gasteiger partial charge in [-0.2, -0.15) is 0 Å². The standard InChI is InChI=1S/C8H14FNO/c1-6(9)7(11)10-5-8(2,3)4/h1,5H2,2-4H3,(H,10,11). The third kappa shape index (κ3) is 5.58. The predicted octanol–water partition coefficient (Wildman–Crippen LogP) is 1.63. The van der Waals surface area contributed by atoms with Crippen LogP contribution in [0.5, 0.6) is 0 Å². The lowest BCUT2D eigenvalue weighted by Crippen LogP contribution is -2.32. The van der Waals surface area contributed by atoms with E-state index in [0.717, 1.165) is 0 Å². The molecule has 0 saturated carbocycles. The van der Waals surface area contributed by atoms with Gasteiger partial charge < -0.3 is 5.32 Å². The average molecular weight is 159 g/mol. The number of rotatable bonds is 2. The summed E-state index contributed by atoms with van der Waals surface area (Å²) in [5.41, 5.74) is -0.0227. The van der Waals surface area contributed by atoms with Crippen molar-refractivity contribution in [1.29, 1.82) is 0 Å². The summed E-state index contributed by atoms with van der Waals surface area (Å²) >= 11 is 0. The van der Waals surface area contributed by atoms with Gasteiger partial charge in [0.15, 0.2) is 5.83 Å². The maximum absolute atomic E-state index is 12.1. The van der Waals surface area contributed by atoms with Gasteiger partial charge in [0, 0.05) is 6.54 Å². The summed E-state index contributed by atoms with van der Waals surface area (Å²) in [6.07, 6.45) is 0. The van der Waals surface area contributed by atoms with Gasteiger partial charge in [-0.15, -0.1) is 0 Å². The molecule has 0 unspecified atom stereocenters. The van der Waals surface area contributed by atoms with E-state index in [9.17, 15) is 9.18 Å². The molecule has 0 saturated heterocycles. The first kappa shape index (κ1) is 10.1. The molecular formula is C8H14FNO. The number of halogens is 1. The van der Waals surface area contributed by atoms with Crippen molar-refractivity contribution in [2.24, 2.45) is 5.41 Å². The lowest BCUT2D eigenvalue weighted by molar-refractivity contribution is -0.119. The van der Waals surface area contributed by atoms with Crippen molar-refractivity contribution >= 4 is 5.91 Å². The number of amides is 1. The zero-order valence-corrected chi connectivity index (χ0v) is 7.20. The molecule has 1 amide bonds. The van der Waals surface area contributed by atoms with Crippen LogP contribution >= 0.6 is 0 Å². The summed E-state index contributed by atoms with van der Waals surface area (Å²) < 4.78 is 12.1. The molecule has 11 heavy (non-hydrogen) atoms. The SMILES string of the molecule is C=C(F)C(=O)NCC(C)(C)C. The van der Waals surface area contributed by atoms with E-state index in [1.165, 1.54) is 0 Å². The Bertz CT molecular complexity index is 169. The fourth-order valence-electron chi connectivity index (χ4n) is 0.441. The van der Waals surface area contributed by atoms with Crippen molar-refractivity contribution in [2.45, 2.75) is 20.8 Å². The van der Waals surface area contributed by atoms with E-state index >= 15 is 0 Å². The highest BCUT2D eigenvalue weighted by atomic mass is 19.1. The van der Waals surface area contributed by atoms with Gasteiger partial charge in [0.1, 0.15) is 0 Å². The molecular weight excluding hydrogens is 145 g/mol. The first-order valence-electron chi connectivity index (χ1n) is 3.45. The minimum absolute atomic E-state index is 0.0227. The van der Waals surface area contributed by atoms with E-state index in [-0.39, 0.29) is 5.41 Å². The van der Waals surface area contributed by atoms with Crippen LogP contribution in [0.4, 0.5) is 4.39 Å². The fourth-order valence-corrected chi connectivity index (χ4v) is 0.441. The van der Waals surface area contributed by atoms with Crippen LogP contribution in [0.2, 0.25) is 0 Å². The molecule has 0 radical (unpaired) electrons. The van der Waals surface area contributed by atoms with Crippen molar-refractivity contribution in [3.8, 4) is 0 Å². The summed E-state index contributed by atoms with van der Waals surface area (Å²) in [6, 6.07) is 0. The van der Waals surface area contributed by atoms with Crippen molar-refractivity contribution in [3.63, 3.8) is 0 Å². The molecule has 0 aliphatic rings. The summed E-state index contributed by atoms with van der Waals surface area (Å²) in [5.74, 6) is -1.66. The molecule has 3 heteroatoms. The Balaban J connectivity index is 3.73. The minimum atomic E-state index is -0.936. The second kappa shape index (κ2) is 3.51. The minimum Gasteiger partial charge on any atom is -0.350 e. The Morgan fingerprint density at radius 1 is 1.55 bits per heavy atom. The number of hydrogen-bond donors (Lipinski definition) is 1. The van der Waals surface area contributed by atoms with Crippen LogP contribution in [0.15, 0.2) is 12.4 Å². The number of hydrogen-bond acceptors (Lipinski definition) is 1. The van der Waals surface area contributed by atoms with Crippen molar-refractivity contribution in [2.75, 3.05) is 6.54 Å². The Kier molecular flexibility index (Phi) is 3.23. The van der Waals surface area contributed by atoms with Gasteiger partial charge in [-0.05, 0) is 5.41 Å². The van der Waals surface area contributed by atoms with E-state index < -0.39 is 11.7 Å². The van der Waals surface area contributed by atoms with E-state index in [0.29, 0.717) is 6.54 Å². The summed E-state index contributed by atoms with van der Waals surface area (Å²) in [7, 11) is 0. The van der Waals surface area contributed by atoms with Crippen LogP contribution in [0.3, 0.4) is 0 Å². The molecule has 0 spiro atoms. The molecule has 0 heterocycles. The highest BCUT2D eigenvalue weighted by Gasteiger charge is 2.12. The molecule has 64 valence electrons. The molecule has 0 rings (SSSR count). The maximum Gasteiger partial charge on any atom is 0.279 e. The van der Waals surface area contributed by atoms with Crippen LogP contribution < -0.4 is 5.32 Å². The maximum atomic E-state index is 12.1. The third-order valence-electron chi connectivity index (χ3n) is 1.03. The second-order valence-electron chi connectivity index (χ2n) is 3.65. The van der Waals surface area contributed by atoms with Crippen molar-refractivity contribution in [3.05, 3.63) is 12.4 Å². The smallest absolute Gasteiger partial charge is 0.279 e. The first-order chi connectivity index (χ1) is 4.83. The molecule has 0 aliphatic carbocycles. The number of nitrogens with one attached hydrogen (secondary N) is 1. The Hall–Kier alpha value is -0.860. The fraction of sp³-hybridized carbons (Fsp3) is 0.625. The molecule has 0 fully saturated rings. The summed E-state index contributed by atoms with van der Waals surface area (Å²) in [5, 5.41) is 2.41. The predicted molar refractivity (Wildman–Crippen MR) is 42.7 cm³/mol. The largest absolute Gasteiger partial charge is 0.350 e. The monoisotopic (exact) mass is 159 g/mol. The van der Waals surface area contributed by atoms with Gasteiger partial charge in [-0.3, -0.25) is 4.79 Å². The van der Waals surface area contributed by atoms with Gasteiger partial charge in [0.25, 0.3) is 5.91 Å². The van der Waals surface area contributed by atoms with Crippen LogP contribution in [0.1, 0.15) is 20.8 Å². The highest BCUT2D eigenvalue weighted by Crippen LogP contribution is 2.10. The normalized spacial score (nSPS) is 10.9. The Morgan fingerprint density at radius 3 is 2.27 bits per heavy atom. The first-order valence-corrected chi connectivity index (χ1v) is 3.45. The molecule has 0 aliphatic heterocycles. The molecule has 1 N–H and O–H groups in total. The van der Waals surface area contributed by atoms with Crippen LogP contribution in [-0.2, 0) is 4.79 Å². The Morgan fingerprint density at radius 2 is 2.00 bits per heavy atom. The number of carbonyl (C=O) groups excluding carboxylic acids is 1. The van der Waals surface area contributed by atoms with Gasteiger partial charge in [-0.25, -0.2) is 4.39 Å². The molecule has 0 aromatic carbocycles. The van der Waals surface area contributed by atoms with Gasteiger partial charge in [-0.1, -0.05) is 27.4 Å². The third-order valence-corrected chi connectivity index (χ3v) is 1.03. The van der Waals surface area contributed by atoms with Crippen molar-refractivity contribution in [1.82, 2.24) is 5.32 Å². The quantitative estimate of drug-likeness (QED) is 0.609. The molecule has 2 nitrogen and oxygen atoms in total. The molecule has 0 bridgehead atoms. The molecule has 0 aromatic heterocycles. The topological polar surface area (TPSA) is 29.1 Å². The van der Waals surface area contributed by atoms with Crippen LogP contribution in [-0.4, -0.2) is 12.5 Å². The molecule has 0 aromatic rings. The second-order valence-corrected chi connectivity index (χ2v) is 3.65. The van der Waals surface area contributed by atoms with Crippen LogP contribution in [0, 0.1) is 5.41 Å². The summed E-state index contributed by atoms with van der Waals surface area (Å²) in [4.78, 5) is 10.6. The molecule has 0 atom stereocenters. The summed E-state index contributed by atoms with van der Waals surface area (Å²) in [6.45, 7) is 9.19. The average Bonchev–Trinajstić information content (AvgIpc) is 1.80.